The van der Waals surface area contributed by atoms with Gasteiger partial charge in [0.2, 0.25) is 0 Å². The van der Waals surface area contributed by atoms with Gasteiger partial charge in [-0.1, -0.05) is 19.4 Å². The van der Waals surface area contributed by atoms with Crippen LogP contribution in [-0.2, 0) is 33.4 Å². The summed E-state index contributed by atoms with van der Waals surface area (Å²) in [4.78, 5) is 53.2. The number of hydrogen-bond donors (Lipinski definition) is 3. The molecule has 43 heavy (non-hydrogen) atoms. The van der Waals surface area contributed by atoms with E-state index in [4.69, 9.17) is 14.2 Å². The van der Waals surface area contributed by atoms with Crippen molar-refractivity contribution in [2.45, 2.75) is 70.7 Å². The van der Waals surface area contributed by atoms with Gasteiger partial charge in [-0.05, 0) is 72.8 Å². The number of hydrogen-bond acceptors (Lipinski definition) is 10. The Morgan fingerprint density at radius 1 is 1.05 bits per heavy atom. The van der Waals surface area contributed by atoms with Crippen molar-refractivity contribution >= 4 is 23.7 Å². The van der Waals surface area contributed by atoms with Crippen molar-refractivity contribution in [1.82, 2.24) is 0 Å². The quantitative estimate of drug-likeness (QED) is 0.189. The Morgan fingerprint density at radius 3 is 2.42 bits per heavy atom. The zero-order valence-electron chi connectivity index (χ0n) is 25.1. The van der Waals surface area contributed by atoms with Gasteiger partial charge in [0.1, 0.15) is 18.3 Å². The molecule has 0 unspecified atom stereocenters. The summed E-state index contributed by atoms with van der Waals surface area (Å²) in [7, 11) is 1.24. The van der Waals surface area contributed by atoms with Crippen molar-refractivity contribution in [3.63, 3.8) is 0 Å². The first kappa shape index (κ1) is 27.7. The molecule has 8 rings (SSSR count). The highest BCUT2D eigenvalue weighted by molar-refractivity contribution is 6.09. The van der Waals surface area contributed by atoms with Crippen LogP contribution in [0.2, 0.25) is 0 Å². The smallest absolute Gasteiger partial charge is 0.338 e. The molecule has 0 radical (unpaired) electrons. The van der Waals surface area contributed by atoms with Crippen LogP contribution in [0.15, 0.2) is 33.4 Å². The van der Waals surface area contributed by atoms with Crippen LogP contribution in [0.25, 0.3) is 0 Å². The van der Waals surface area contributed by atoms with E-state index in [2.05, 4.69) is 6.92 Å². The molecule has 0 amide bonds. The SMILES string of the molecule is COC(=O)/C(C)=C1\C(=O)[C@H](O)[C@]2(C)C3=C(C[C@@H]4[C@]5(OC(=O)C(COC(C)=O)=C5C[C@H]5[C@](O)(CO)[C@H]6C[C@H]6[C@@]45C)[C@H]31)[C@H]1C[C@H]12. The van der Waals surface area contributed by atoms with E-state index in [0.29, 0.717) is 12.0 Å². The molecule has 10 nitrogen and oxygen atoms in total. The van der Waals surface area contributed by atoms with E-state index in [1.54, 1.807) is 0 Å². The lowest BCUT2D eigenvalue weighted by Gasteiger charge is -2.63. The fourth-order valence-corrected chi connectivity index (χ4v) is 11.7. The number of aliphatic hydroxyl groups excluding tert-OH is 2. The second-order valence-corrected chi connectivity index (χ2v) is 14.8. The molecule has 230 valence electrons. The molecule has 0 bridgehead atoms. The number of Topliss-reactive ketones (excluding diaryl/α,β-unsaturated/α-hetero) is 1. The van der Waals surface area contributed by atoms with Gasteiger partial charge in [-0.25, -0.2) is 9.59 Å². The van der Waals surface area contributed by atoms with Gasteiger partial charge in [0.25, 0.3) is 0 Å². The van der Waals surface area contributed by atoms with E-state index in [9.17, 15) is 34.5 Å². The summed E-state index contributed by atoms with van der Waals surface area (Å²) in [6, 6.07) is 0. The minimum absolute atomic E-state index is 0.0655. The molecule has 0 aromatic rings. The van der Waals surface area contributed by atoms with Gasteiger partial charge in [-0.15, -0.1) is 0 Å². The van der Waals surface area contributed by atoms with Gasteiger partial charge in [0.15, 0.2) is 5.78 Å². The summed E-state index contributed by atoms with van der Waals surface area (Å²) in [5, 5.41) is 34.2. The average Bonchev–Trinajstić information content (AvgIpc) is 3.88. The molecule has 5 saturated carbocycles. The predicted octanol–water partition coefficient (Wildman–Crippen LogP) is 1.56. The fraction of sp³-hybridized carbons (Fsp3) is 0.697. The minimum Gasteiger partial charge on any atom is -0.466 e. The van der Waals surface area contributed by atoms with Crippen LogP contribution >= 0.6 is 0 Å². The molecular formula is C33H38O10. The molecule has 0 aromatic heterocycles. The highest BCUT2D eigenvalue weighted by atomic mass is 16.6. The molecule has 1 heterocycles. The first-order valence-corrected chi connectivity index (χ1v) is 15.4. The Morgan fingerprint density at radius 2 is 1.77 bits per heavy atom. The maximum atomic E-state index is 14.3. The Hall–Kier alpha value is -2.82. The molecule has 5 fully saturated rings. The lowest BCUT2D eigenvalue weighted by Crippen LogP contribution is -2.67. The fourth-order valence-electron chi connectivity index (χ4n) is 11.7. The number of carbonyl (C=O) groups excluding carboxylic acids is 4. The Kier molecular flexibility index (Phi) is 5.19. The topological polar surface area (TPSA) is 157 Å². The monoisotopic (exact) mass is 594 g/mol. The Labute approximate surface area is 249 Å². The normalized spacial score (nSPS) is 50.6. The Bertz CT molecular complexity index is 1550. The lowest BCUT2D eigenvalue weighted by atomic mass is 9.42. The molecule has 0 aromatic carbocycles. The summed E-state index contributed by atoms with van der Waals surface area (Å²) >= 11 is 0. The van der Waals surface area contributed by atoms with Crippen LogP contribution in [0.4, 0.5) is 0 Å². The van der Waals surface area contributed by atoms with Crippen molar-refractivity contribution in [3.8, 4) is 0 Å². The van der Waals surface area contributed by atoms with Crippen LogP contribution in [0, 0.1) is 52.3 Å². The maximum absolute atomic E-state index is 14.3. The first-order valence-electron chi connectivity index (χ1n) is 15.4. The van der Waals surface area contributed by atoms with E-state index in [1.807, 2.05) is 6.92 Å². The summed E-state index contributed by atoms with van der Waals surface area (Å²) in [5.74, 6) is -3.84. The van der Waals surface area contributed by atoms with Crippen LogP contribution < -0.4 is 0 Å². The number of methoxy groups -OCH3 is 1. The molecule has 1 aliphatic heterocycles. The third-order valence-corrected chi connectivity index (χ3v) is 13.6. The molecule has 8 aliphatic rings. The maximum Gasteiger partial charge on any atom is 0.338 e. The summed E-state index contributed by atoms with van der Waals surface area (Å²) in [6.45, 7) is 6.12. The third kappa shape index (κ3) is 2.84. The van der Waals surface area contributed by atoms with Crippen molar-refractivity contribution in [1.29, 1.82) is 0 Å². The number of ether oxygens (including phenoxy) is 3. The zero-order chi connectivity index (χ0) is 30.8. The largest absolute Gasteiger partial charge is 0.466 e. The summed E-state index contributed by atoms with van der Waals surface area (Å²) in [6.07, 6.45) is 1.01. The average molecular weight is 595 g/mol. The molecule has 12 atom stereocenters. The van der Waals surface area contributed by atoms with Crippen LogP contribution in [0.5, 0.6) is 0 Å². The van der Waals surface area contributed by atoms with Crippen LogP contribution in [0.1, 0.15) is 53.4 Å². The van der Waals surface area contributed by atoms with Crippen molar-refractivity contribution in [3.05, 3.63) is 33.4 Å². The first-order chi connectivity index (χ1) is 20.2. The van der Waals surface area contributed by atoms with Gasteiger partial charge < -0.3 is 29.5 Å². The third-order valence-electron chi connectivity index (χ3n) is 13.6. The van der Waals surface area contributed by atoms with Gasteiger partial charge >= 0.3 is 17.9 Å². The molecule has 3 N–H and O–H groups in total. The summed E-state index contributed by atoms with van der Waals surface area (Å²) < 4.78 is 17.0. The number of allylic oxidation sites excluding steroid dienone is 1. The zero-order valence-corrected chi connectivity index (χ0v) is 25.1. The van der Waals surface area contributed by atoms with Crippen LogP contribution in [0.3, 0.4) is 0 Å². The van der Waals surface area contributed by atoms with Crippen LogP contribution in [-0.4, -0.2) is 76.6 Å². The molecular weight excluding hydrogens is 556 g/mol. The van der Waals surface area contributed by atoms with Gasteiger partial charge in [0.05, 0.1) is 30.8 Å². The Balaban J connectivity index is 1.45. The van der Waals surface area contributed by atoms with E-state index in [1.165, 1.54) is 21.0 Å². The minimum atomic E-state index is -1.39. The molecule has 1 spiro atoms. The number of fused-ring (bicyclic) bond motifs is 7. The van der Waals surface area contributed by atoms with Gasteiger partial charge in [0, 0.05) is 35.3 Å². The molecule has 10 heteroatoms. The van der Waals surface area contributed by atoms with E-state index in [-0.39, 0.29) is 59.3 Å². The van der Waals surface area contributed by atoms with Gasteiger partial charge in [-0.3, -0.25) is 9.59 Å². The van der Waals surface area contributed by atoms with E-state index >= 15 is 0 Å². The van der Waals surface area contributed by atoms with E-state index < -0.39 is 70.3 Å². The van der Waals surface area contributed by atoms with Crippen molar-refractivity contribution < 1.29 is 48.7 Å². The van der Waals surface area contributed by atoms with Crippen molar-refractivity contribution in [2.75, 3.05) is 20.3 Å². The standard InChI is InChI=1S/C33H38O10/c1-12(28(38)41-5)23-25-24-15(14-6-17(14)31(24,4)27(37)26(23)36)7-22-30(3)19-8-20(19)32(40,11-34)21(30)9-18-16(10-42-13(2)35)29(39)43-33(18,22)25/h14,17,19-22,25,27,34,37,40H,6-11H2,1-5H3/b23-12-/t14-,17-,19-,20+,21-,22+,25+,27+,30-,31+,32+,33+/m1/s1. The predicted molar refractivity (Wildman–Crippen MR) is 146 cm³/mol. The second kappa shape index (κ2) is 8.06. The van der Waals surface area contributed by atoms with Gasteiger partial charge in [-0.2, -0.15) is 0 Å². The highest BCUT2D eigenvalue weighted by Gasteiger charge is 2.84. The number of rotatable bonds is 4. The number of esters is 3. The van der Waals surface area contributed by atoms with E-state index in [0.717, 1.165) is 24.0 Å². The second-order valence-electron chi connectivity index (χ2n) is 14.8. The number of carbonyl (C=O) groups is 4. The molecule has 0 saturated heterocycles. The van der Waals surface area contributed by atoms with Crippen molar-refractivity contribution in [2.24, 2.45) is 52.3 Å². The number of aliphatic hydroxyl groups is 3. The lowest BCUT2D eigenvalue weighted by molar-refractivity contribution is -0.188. The molecule has 7 aliphatic carbocycles. The summed E-state index contributed by atoms with van der Waals surface area (Å²) in [5.41, 5.74) is -1.19. The number of ketones is 1. The highest BCUT2D eigenvalue weighted by Crippen LogP contribution is 2.83.